The molecule has 0 amide bonds. The number of nitrogen functional groups attached to an aromatic ring is 1. The lowest BCUT2D eigenvalue weighted by molar-refractivity contribution is 0.150. The van der Waals surface area contributed by atoms with Gasteiger partial charge in [0.25, 0.3) is 0 Å². The van der Waals surface area contributed by atoms with E-state index in [0.29, 0.717) is 12.4 Å². The van der Waals surface area contributed by atoms with Gasteiger partial charge in [-0.25, -0.2) is 0 Å². The fraction of sp³-hybridized carbons (Fsp3) is 0.357. The first-order chi connectivity index (χ1) is 8.72. The van der Waals surface area contributed by atoms with Crippen LogP contribution in [0.2, 0.25) is 0 Å². The highest BCUT2D eigenvalue weighted by Crippen LogP contribution is 2.28. The molecule has 0 bridgehead atoms. The summed E-state index contributed by atoms with van der Waals surface area (Å²) in [5.74, 6) is 0.548. The van der Waals surface area contributed by atoms with Crippen molar-refractivity contribution in [1.82, 2.24) is 10.2 Å². The number of anilines is 1. The number of H-pyrrole nitrogens is 1. The summed E-state index contributed by atoms with van der Waals surface area (Å²) >= 11 is 0. The van der Waals surface area contributed by atoms with E-state index in [1.165, 1.54) is 5.56 Å². The van der Waals surface area contributed by atoms with Gasteiger partial charge in [0, 0.05) is 24.3 Å². The number of aromatic nitrogens is 2. The van der Waals surface area contributed by atoms with E-state index in [0.717, 1.165) is 29.8 Å². The van der Waals surface area contributed by atoms with Gasteiger partial charge in [0.1, 0.15) is 0 Å². The van der Waals surface area contributed by atoms with Gasteiger partial charge in [-0.2, -0.15) is 5.10 Å². The van der Waals surface area contributed by atoms with Crippen molar-refractivity contribution in [2.24, 2.45) is 0 Å². The molecule has 0 aliphatic carbocycles. The highest BCUT2D eigenvalue weighted by atomic mass is 16.5. The molecule has 4 heteroatoms. The molecule has 18 heavy (non-hydrogen) atoms. The molecule has 1 aromatic heterocycles. The summed E-state index contributed by atoms with van der Waals surface area (Å²) in [5, 5.41) is 7.09. The fourth-order valence-corrected chi connectivity index (χ4v) is 2.02. The Morgan fingerprint density at radius 2 is 2.22 bits per heavy atom. The molecule has 3 N–H and O–H groups in total. The van der Waals surface area contributed by atoms with Gasteiger partial charge >= 0.3 is 0 Å². The number of aromatic amines is 1. The van der Waals surface area contributed by atoms with E-state index >= 15 is 0 Å². The van der Waals surface area contributed by atoms with Crippen LogP contribution in [0, 0.1) is 6.92 Å². The van der Waals surface area contributed by atoms with Crippen LogP contribution in [0.25, 0.3) is 11.1 Å². The number of hydrogen-bond donors (Lipinski definition) is 2. The minimum Gasteiger partial charge on any atom is -0.382 e. The largest absolute Gasteiger partial charge is 0.382 e. The highest BCUT2D eigenvalue weighted by Gasteiger charge is 2.12. The van der Waals surface area contributed by atoms with Gasteiger partial charge in [-0.1, -0.05) is 29.8 Å². The molecular formula is C14H19N3O. The predicted molar refractivity (Wildman–Crippen MR) is 73.4 cm³/mol. The molecule has 0 unspecified atom stereocenters. The Hall–Kier alpha value is -1.81. The number of hydrogen-bond acceptors (Lipinski definition) is 3. The van der Waals surface area contributed by atoms with E-state index < -0.39 is 0 Å². The Morgan fingerprint density at radius 3 is 2.94 bits per heavy atom. The topological polar surface area (TPSA) is 63.9 Å². The minimum absolute atomic E-state index is 0.548. The van der Waals surface area contributed by atoms with E-state index in [1.807, 2.05) is 13.0 Å². The number of nitrogens with zero attached hydrogens (tertiary/aromatic N) is 1. The fourth-order valence-electron chi connectivity index (χ4n) is 2.02. The zero-order valence-corrected chi connectivity index (χ0v) is 10.9. The monoisotopic (exact) mass is 245 g/mol. The average molecular weight is 245 g/mol. The first kappa shape index (κ1) is 12.6. The van der Waals surface area contributed by atoms with Gasteiger partial charge in [-0.15, -0.1) is 0 Å². The normalized spacial score (nSPS) is 10.8. The van der Waals surface area contributed by atoms with E-state index in [2.05, 4.69) is 35.3 Å². The summed E-state index contributed by atoms with van der Waals surface area (Å²) in [7, 11) is 0. The molecule has 1 heterocycles. The summed E-state index contributed by atoms with van der Waals surface area (Å²) in [5.41, 5.74) is 10.3. The van der Waals surface area contributed by atoms with Crippen LogP contribution in [0.3, 0.4) is 0 Å². The lowest BCUT2D eigenvalue weighted by atomic mass is 10.0. The molecule has 2 rings (SSSR count). The molecule has 1 aromatic carbocycles. The molecule has 0 fully saturated rings. The Labute approximate surface area is 107 Å². The van der Waals surface area contributed by atoms with Crippen molar-refractivity contribution in [2.75, 3.05) is 18.9 Å². The lowest BCUT2D eigenvalue weighted by Crippen LogP contribution is -2.00. The number of nitrogens with one attached hydrogen (secondary N) is 1. The zero-order valence-electron chi connectivity index (χ0n) is 10.9. The van der Waals surface area contributed by atoms with Gasteiger partial charge in [-0.05, 0) is 19.4 Å². The molecule has 0 aliphatic rings. The number of nitrogens with two attached hydrogens (primary N) is 1. The summed E-state index contributed by atoms with van der Waals surface area (Å²) < 4.78 is 5.37. The molecule has 0 aliphatic heterocycles. The smallest absolute Gasteiger partial charge is 0.153 e. The van der Waals surface area contributed by atoms with Gasteiger partial charge in [0.15, 0.2) is 5.82 Å². The maximum atomic E-state index is 5.94. The Morgan fingerprint density at radius 1 is 1.39 bits per heavy atom. The Bertz CT molecular complexity index is 520. The first-order valence-electron chi connectivity index (χ1n) is 6.20. The first-order valence-corrected chi connectivity index (χ1v) is 6.20. The second-order valence-electron chi connectivity index (χ2n) is 4.28. The van der Waals surface area contributed by atoms with Gasteiger partial charge < -0.3 is 10.5 Å². The molecule has 4 nitrogen and oxygen atoms in total. The van der Waals surface area contributed by atoms with E-state index in [1.54, 1.807) is 0 Å². The van der Waals surface area contributed by atoms with Crippen LogP contribution in [-0.2, 0) is 11.2 Å². The summed E-state index contributed by atoms with van der Waals surface area (Å²) in [6.45, 7) is 5.46. The standard InChI is InChI=1S/C14H19N3O/c1-3-18-8-7-12-13(14(15)17-16-12)11-6-4-5-10(2)9-11/h4-6,9H,3,7-8H2,1-2H3,(H3,15,16,17). The maximum Gasteiger partial charge on any atom is 0.153 e. The second kappa shape index (κ2) is 5.69. The van der Waals surface area contributed by atoms with E-state index in [4.69, 9.17) is 10.5 Å². The molecule has 0 spiro atoms. The zero-order chi connectivity index (χ0) is 13.0. The van der Waals surface area contributed by atoms with Crippen molar-refractivity contribution < 1.29 is 4.74 Å². The minimum atomic E-state index is 0.548. The molecule has 0 saturated carbocycles. The highest BCUT2D eigenvalue weighted by molar-refractivity contribution is 5.76. The van der Waals surface area contributed by atoms with Gasteiger partial charge in [0.05, 0.1) is 6.61 Å². The van der Waals surface area contributed by atoms with Crippen molar-refractivity contribution in [1.29, 1.82) is 0 Å². The second-order valence-corrected chi connectivity index (χ2v) is 4.28. The van der Waals surface area contributed by atoms with E-state index in [9.17, 15) is 0 Å². The number of ether oxygens (including phenoxy) is 1. The Kier molecular flexibility index (Phi) is 3.99. The number of rotatable bonds is 5. The van der Waals surface area contributed by atoms with Crippen molar-refractivity contribution in [2.45, 2.75) is 20.3 Å². The van der Waals surface area contributed by atoms with Crippen LogP contribution < -0.4 is 5.73 Å². The number of aryl methyl sites for hydroxylation is 1. The molecule has 0 radical (unpaired) electrons. The predicted octanol–water partition coefficient (Wildman–Crippen LogP) is 2.55. The van der Waals surface area contributed by atoms with Crippen LogP contribution in [0.5, 0.6) is 0 Å². The van der Waals surface area contributed by atoms with Crippen LogP contribution in [-0.4, -0.2) is 23.4 Å². The SMILES string of the molecule is CCOCCc1[nH]nc(N)c1-c1cccc(C)c1. The van der Waals surface area contributed by atoms with Crippen LogP contribution in [0.1, 0.15) is 18.2 Å². The van der Waals surface area contributed by atoms with Crippen LogP contribution >= 0.6 is 0 Å². The molecular weight excluding hydrogens is 226 g/mol. The molecule has 96 valence electrons. The summed E-state index contributed by atoms with van der Waals surface area (Å²) in [6, 6.07) is 8.27. The van der Waals surface area contributed by atoms with Crippen molar-refractivity contribution in [3.05, 3.63) is 35.5 Å². The molecule has 0 atom stereocenters. The van der Waals surface area contributed by atoms with E-state index in [-0.39, 0.29) is 0 Å². The third-order valence-corrected chi connectivity index (χ3v) is 2.88. The van der Waals surface area contributed by atoms with Crippen molar-refractivity contribution >= 4 is 5.82 Å². The maximum absolute atomic E-state index is 5.94. The third-order valence-electron chi connectivity index (χ3n) is 2.88. The van der Waals surface area contributed by atoms with Crippen LogP contribution in [0.4, 0.5) is 5.82 Å². The summed E-state index contributed by atoms with van der Waals surface area (Å²) in [6.07, 6.45) is 0.793. The molecule has 2 aromatic rings. The van der Waals surface area contributed by atoms with Crippen molar-refractivity contribution in [3.63, 3.8) is 0 Å². The van der Waals surface area contributed by atoms with Gasteiger partial charge in [-0.3, -0.25) is 5.10 Å². The Balaban J connectivity index is 2.29. The van der Waals surface area contributed by atoms with Gasteiger partial charge in [0.2, 0.25) is 0 Å². The van der Waals surface area contributed by atoms with Crippen molar-refractivity contribution in [3.8, 4) is 11.1 Å². The lowest BCUT2D eigenvalue weighted by Gasteiger charge is -2.05. The average Bonchev–Trinajstić information content (AvgIpc) is 2.71. The molecule has 0 saturated heterocycles. The summed E-state index contributed by atoms with van der Waals surface area (Å²) in [4.78, 5) is 0. The quantitative estimate of drug-likeness (QED) is 0.796. The number of benzene rings is 1. The van der Waals surface area contributed by atoms with Crippen LogP contribution in [0.15, 0.2) is 24.3 Å². The third kappa shape index (κ3) is 2.71.